The van der Waals surface area contributed by atoms with Gasteiger partial charge in [-0.15, -0.1) is 0 Å². The van der Waals surface area contributed by atoms with Crippen molar-refractivity contribution in [2.75, 3.05) is 13.7 Å². The van der Waals surface area contributed by atoms with E-state index in [-0.39, 0.29) is 0 Å². The number of hydrogen-bond acceptors (Lipinski definition) is 5. The molecule has 0 atom stereocenters. The van der Waals surface area contributed by atoms with Crippen molar-refractivity contribution < 1.29 is 9.47 Å². The second kappa shape index (κ2) is 7.45. The van der Waals surface area contributed by atoms with E-state index in [1.165, 1.54) is 0 Å². The van der Waals surface area contributed by atoms with E-state index in [0.717, 1.165) is 24.4 Å². The summed E-state index contributed by atoms with van der Waals surface area (Å²) in [5.74, 6) is 1.99. The average molecular weight is 273 g/mol. The van der Waals surface area contributed by atoms with Crippen LogP contribution in [0.2, 0.25) is 0 Å². The first kappa shape index (κ1) is 14.3. The van der Waals surface area contributed by atoms with Crippen molar-refractivity contribution in [2.45, 2.75) is 19.9 Å². The second-order valence-corrected chi connectivity index (χ2v) is 4.30. The van der Waals surface area contributed by atoms with E-state index in [9.17, 15) is 0 Å². The molecule has 2 rings (SSSR count). The first-order valence-electron chi connectivity index (χ1n) is 6.65. The van der Waals surface area contributed by atoms with E-state index in [2.05, 4.69) is 22.2 Å². The Bertz CT molecular complexity index is 529. The Kier molecular flexibility index (Phi) is 5.32. The van der Waals surface area contributed by atoms with Gasteiger partial charge in [0, 0.05) is 12.7 Å². The zero-order valence-electron chi connectivity index (χ0n) is 11.8. The number of rotatable bonds is 7. The van der Waals surface area contributed by atoms with Gasteiger partial charge in [-0.1, -0.05) is 6.92 Å². The molecule has 20 heavy (non-hydrogen) atoms. The number of ether oxygens (including phenoxy) is 2. The largest absolute Gasteiger partial charge is 0.497 e. The van der Waals surface area contributed by atoms with Crippen LogP contribution in [-0.4, -0.2) is 23.6 Å². The standard InChI is InChI=1S/C15H19N3O2/c1-3-8-16-9-12-10-17-11-15(18-12)20-14-6-4-13(19-2)5-7-14/h4-7,10-11,16H,3,8-9H2,1-2H3. The van der Waals surface area contributed by atoms with Gasteiger partial charge in [0.15, 0.2) is 0 Å². The highest BCUT2D eigenvalue weighted by Crippen LogP contribution is 2.21. The Labute approximate surface area is 119 Å². The molecule has 0 aliphatic heterocycles. The maximum atomic E-state index is 5.67. The van der Waals surface area contributed by atoms with Crippen LogP contribution in [0.25, 0.3) is 0 Å². The predicted molar refractivity (Wildman–Crippen MR) is 77.1 cm³/mol. The van der Waals surface area contributed by atoms with Crippen LogP contribution in [0.4, 0.5) is 0 Å². The minimum absolute atomic E-state index is 0.492. The lowest BCUT2D eigenvalue weighted by Crippen LogP contribution is -2.15. The van der Waals surface area contributed by atoms with Gasteiger partial charge < -0.3 is 14.8 Å². The normalized spacial score (nSPS) is 10.3. The van der Waals surface area contributed by atoms with E-state index < -0.39 is 0 Å². The van der Waals surface area contributed by atoms with Crippen LogP contribution in [0.15, 0.2) is 36.7 Å². The maximum absolute atomic E-state index is 5.67. The van der Waals surface area contributed by atoms with Crippen LogP contribution in [0, 0.1) is 0 Å². The van der Waals surface area contributed by atoms with Crippen molar-refractivity contribution in [3.8, 4) is 17.4 Å². The van der Waals surface area contributed by atoms with Gasteiger partial charge in [0.05, 0.1) is 19.0 Å². The minimum atomic E-state index is 0.492. The SMILES string of the molecule is CCCNCc1cncc(Oc2ccc(OC)cc2)n1. The van der Waals surface area contributed by atoms with Gasteiger partial charge in [0.25, 0.3) is 0 Å². The molecule has 0 saturated heterocycles. The molecule has 0 spiro atoms. The molecule has 5 nitrogen and oxygen atoms in total. The van der Waals surface area contributed by atoms with Gasteiger partial charge in [0.2, 0.25) is 5.88 Å². The highest BCUT2D eigenvalue weighted by atomic mass is 16.5. The van der Waals surface area contributed by atoms with Crippen molar-refractivity contribution in [1.82, 2.24) is 15.3 Å². The Morgan fingerprint density at radius 3 is 2.55 bits per heavy atom. The fraction of sp³-hybridized carbons (Fsp3) is 0.333. The lowest BCUT2D eigenvalue weighted by Gasteiger charge is -2.07. The van der Waals surface area contributed by atoms with E-state index >= 15 is 0 Å². The first-order valence-corrected chi connectivity index (χ1v) is 6.65. The van der Waals surface area contributed by atoms with Crippen molar-refractivity contribution >= 4 is 0 Å². The third kappa shape index (κ3) is 4.20. The fourth-order valence-corrected chi connectivity index (χ4v) is 1.68. The molecule has 2 aromatic rings. The Morgan fingerprint density at radius 1 is 1.10 bits per heavy atom. The first-order chi connectivity index (χ1) is 9.81. The smallest absolute Gasteiger partial charge is 0.238 e. The lowest BCUT2D eigenvalue weighted by molar-refractivity contribution is 0.412. The van der Waals surface area contributed by atoms with Crippen molar-refractivity contribution in [2.24, 2.45) is 0 Å². The monoisotopic (exact) mass is 273 g/mol. The van der Waals surface area contributed by atoms with E-state index in [4.69, 9.17) is 9.47 Å². The summed E-state index contributed by atoms with van der Waals surface area (Å²) in [5.41, 5.74) is 0.865. The van der Waals surface area contributed by atoms with Crippen molar-refractivity contribution in [1.29, 1.82) is 0 Å². The zero-order chi connectivity index (χ0) is 14.2. The highest BCUT2D eigenvalue weighted by Gasteiger charge is 2.02. The summed E-state index contributed by atoms with van der Waals surface area (Å²) in [6.45, 7) is 3.79. The van der Waals surface area contributed by atoms with Gasteiger partial charge in [-0.2, -0.15) is 0 Å². The Hall–Kier alpha value is -2.14. The molecule has 0 unspecified atom stereocenters. The Morgan fingerprint density at radius 2 is 1.85 bits per heavy atom. The summed E-state index contributed by atoms with van der Waals surface area (Å²) in [7, 11) is 1.63. The average Bonchev–Trinajstić information content (AvgIpc) is 2.49. The molecule has 1 aromatic heterocycles. The molecule has 0 aliphatic carbocycles. The van der Waals surface area contributed by atoms with Gasteiger partial charge in [-0.3, -0.25) is 4.98 Å². The van der Waals surface area contributed by atoms with E-state index in [0.29, 0.717) is 18.2 Å². The number of hydrogen-bond donors (Lipinski definition) is 1. The molecule has 0 aliphatic rings. The molecule has 0 fully saturated rings. The molecule has 1 N–H and O–H groups in total. The number of benzene rings is 1. The highest BCUT2D eigenvalue weighted by molar-refractivity contribution is 5.33. The molecule has 106 valence electrons. The quantitative estimate of drug-likeness (QED) is 0.786. The number of nitrogens with one attached hydrogen (secondary N) is 1. The van der Waals surface area contributed by atoms with Crippen LogP contribution >= 0.6 is 0 Å². The summed E-state index contributed by atoms with van der Waals surface area (Å²) in [5, 5.41) is 3.28. The van der Waals surface area contributed by atoms with Crippen molar-refractivity contribution in [3.05, 3.63) is 42.4 Å². The van der Waals surface area contributed by atoms with Gasteiger partial charge in [-0.05, 0) is 37.2 Å². The molecular formula is C15H19N3O2. The number of methoxy groups -OCH3 is 1. The van der Waals surface area contributed by atoms with Crippen LogP contribution in [0.3, 0.4) is 0 Å². The molecule has 0 bridgehead atoms. The van der Waals surface area contributed by atoms with Crippen LogP contribution in [0.5, 0.6) is 17.4 Å². The van der Waals surface area contributed by atoms with Crippen LogP contribution in [-0.2, 0) is 6.54 Å². The molecule has 0 saturated carbocycles. The van der Waals surface area contributed by atoms with Gasteiger partial charge in [-0.25, -0.2) is 4.98 Å². The number of nitrogens with zero attached hydrogens (tertiary/aromatic N) is 2. The molecule has 1 heterocycles. The van der Waals surface area contributed by atoms with E-state index in [1.54, 1.807) is 19.5 Å². The molecule has 5 heteroatoms. The topological polar surface area (TPSA) is 56.3 Å². The summed E-state index contributed by atoms with van der Waals surface area (Å²) >= 11 is 0. The van der Waals surface area contributed by atoms with Crippen LogP contribution < -0.4 is 14.8 Å². The zero-order valence-corrected chi connectivity index (χ0v) is 11.8. The maximum Gasteiger partial charge on any atom is 0.238 e. The van der Waals surface area contributed by atoms with Crippen LogP contribution in [0.1, 0.15) is 19.0 Å². The van der Waals surface area contributed by atoms with Crippen molar-refractivity contribution in [3.63, 3.8) is 0 Å². The molecular weight excluding hydrogens is 254 g/mol. The summed E-state index contributed by atoms with van der Waals surface area (Å²) in [4.78, 5) is 8.55. The summed E-state index contributed by atoms with van der Waals surface area (Å²) in [6.07, 6.45) is 4.44. The van der Waals surface area contributed by atoms with Gasteiger partial charge in [0.1, 0.15) is 11.5 Å². The summed E-state index contributed by atoms with van der Waals surface area (Å²) < 4.78 is 10.8. The summed E-state index contributed by atoms with van der Waals surface area (Å²) in [6, 6.07) is 7.36. The number of aromatic nitrogens is 2. The molecule has 1 aromatic carbocycles. The lowest BCUT2D eigenvalue weighted by atomic mass is 10.3. The third-order valence-electron chi connectivity index (χ3n) is 2.68. The van der Waals surface area contributed by atoms with Gasteiger partial charge >= 0.3 is 0 Å². The molecule has 0 amide bonds. The Balaban J connectivity index is 1.99. The third-order valence-corrected chi connectivity index (χ3v) is 2.68. The second-order valence-electron chi connectivity index (χ2n) is 4.30. The fourth-order valence-electron chi connectivity index (χ4n) is 1.68. The minimum Gasteiger partial charge on any atom is -0.497 e. The predicted octanol–water partition coefficient (Wildman–Crippen LogP) is 2.78. The van der Waals surface area contributed by atoms with E-state index in [1.807, 2.05) is 24.3 Å². The molecule has 0 radical (unpaired) electrons.